The first-order valence-corrected chi connectivity index (χ1v) is 8.05. The predicted octanol–water partition coefficient (Wildman–Crippen LogP) is 4.20. The van der Waals surface area contributed by atoms with Crippen LogP contribution >= 0.6 is 15.9 Å². The van der Waals surface area contributed by atoms with Crippen molar-refractivity contribution in [2.75, 3.05) is 23.3 Å². The average molecular weight is 347 g/mol. The molecule has 1 saturated heterocycles. The maximum atomic E-state index is 4.55. The Bertz CT molecular complexity index is 651. The molecule has 2 aromatic rings. The van der Waals surface area contributed by atoms with Crippen molar-refractivity contribution in [3.8, 4) is 0 Å². The summed E-state index contributed by atoms with van der Waals surface area (Å²) in [4.78, 5) is 11.4. The monoisotopic (exact) mass is 346 g/mol. The van der Waals surface area contributed by atoms with Gasteiger partial charge >= 0.3 is 0 Å². The summed E-state index contributed by atoms with van der Waals surface area (Å²) in [6.45, 7) is 6.20. The highest BCUT2D eigenvalue weighted by atomic mass is 79.9. The molecule has 1 N–H and O–H groups in total. The lowest BCUT2D eigenvalue weighted by Gasteiger charge is -2.18. The van der Waals surface area contributed by atoms with Gasteiger partial charge in [0.15, 0.2) is 0 Å². The number of benzene rings is 1. The molecule has 0 radical (unpaired) electrons. The van der Waals surface area contributed by atoms with Crippen LogP contribution in [0, 0.1) is 13.8 Å². The van der Waals surface area contributed by atoms with E-state index in [4.69, 9.17) is 0 Å². The molecular weight excluding hydrogens is 328 g/mol. The largest absolute Gasteiger partial charge is 0.356 e. The Morgan fingerprint density at radius 2 is 1.86 bits per heavy atom. The lowest BCUT2D eigenvalue weighted by atomic mass is 10.2. The number of nitrogens with zero attached hydrogens (tertiary/aromatic N) is 3. The third-order valence-electron chi connectivity index (χ3n) is 3.70. The van der Waals surface area contributed by atoms with Crippen LogP contribution in [-0.2, 0) is 0 Å². The van der Waals surface area contributed by atoms with Gasteiger partial charge in [-0.05, 0) is 44.4 Å². The molecule has 3 rings (SSSR count). The van der Waals surface area contributed by atoms with Crippen LogP contribution in [0.2, 0.25) is 0 Å². The highest BCUT2D eigenvalue weighted by Crippen LogP contribution is 2.25. The molecule has 0 amide bonds. The molecule has 4 nitrogen and oxygen atoms in total. The summed E-state index contributed by atoms with van der Waals surface area (Å²) in [5.41, 5.74) is 2.25. The topological polar surface area (TPSA) is 41.1 Å². The van der Waals surface area contributed by atoms with E-state index in [1.807, 2.05) is 13.0 Å². The first-order valence-electron chi connectivity index (χ1n) is 7.25. The van der Waals surface area contributed by atoms with Gasteiger partial charge in [0, 0.05) is 29.3 Å². The Balaban J connectivity index is 1.85. The van der Waals surface area contributed by atoms with E-state index in [1.165, 1.54) is 18.4 Å². The van der Waals surface area contributed by atoms with Crippen molar-refractivity contribution in [2.24, 2.45) is 0 Å². The number of rotatable bonds is 3. The van der Waals surface area contributed by atoms with E-state index in [9.17, 15) is 0 Å². The minimum Gasteiger partial charge on any atom is -0.356 e. The van der Waals surface area contributed by atoms with Crippen LogP contribution in [0.15, 0.2) is 28.7 Å². The molecule has 1 fully saturated rings. The number of anilines is 3. The zero-order chi connectivity index (χ0) is 14.8. The van der Waals surface area contributed by atoms with Gasteiger partial charge in [-0.2, -0.15) is 0 Å². The van der Waals surface area contributed by atoms with Crippen LogP contribution in [0.5, 0.6) is 0 Å². The van der Waals surface area contributed by atoms with Crippen LogP contribution in [0.25, 0.3) is 0 Å². The molecule has 21 heavy (non-hydrogen) atoms. The van der Waals surface area contributed by atoms with Gasteiger partial charge in [0.1, 0.15) is 17.5 Å². The van der Waals surface area contributed by atoms with E-state index in [2.05, 4.69) is 61.2 Å². The molecule has 0 aliphatic carbocycles. The van der Waals surface area contributed by atoms with E-state index in [-0.39, 0.29) is 0 Å². The summed E-state index contributed by atoms with van der Waals surface area (Å²) in [6, 6.07) is 8.25. The van der Waals surface area contributed by atoms with Crippen LogP contribution in [-0.4, -0.2) is 23.1 Å². The predicted molar refractivity (Wildman–Crippen MR) is 90.4 cm³/mol. The lowest BCUT2D eigenvalue weighted by molar-refractivity contribution is 0.912. The summed E-state index contributed by atoms with van der Waals surface area (Å²) >= 11 is 3.56. The minimum absolute atomic E-state index is 0.799. The number of hydrogen-bond acceptors (Lipinski definition) is 4. The molecule has 1 aliphatic rings. The molecule has 1 aliphatic heterocycles. The molecule has 0 unspecified atom stereocenters. The highest BCUT2D eigenvalue weighted by Gasteiger charge is 2.15. The Hall–Kier alpha value is -1.62. The Morgan fingerprint density at radius 3 is 2.57 bits per heavy atom. The fraction of sp³-hybridized carbons (Fsp3) is 0.375. The normalized spacial score (nSPS) is 14.5. The van der Waals surface area contributed by atoms with Crippen LogP contribution < -0.4 is 10.2 Å². The number of hydrogen-bond donors (Lipinski definition) is 1. The van der Waals surface area contributed by atoms with Gasteiger partial charge in [-0.3, -0.25) is 0 Å². The van der Waals surface area contributed by atoms with E-state index >= 15 is 0 Å². The fourth-order valence-corrected chi connectivity index (χ4v) is 2.92. The van der Waals surface area contributed by atoms with Crippen molar-refractivity contribution >= 4 is 33.3 Å². The number of aryl methyl sites for hydroxylation is 2. The van der Waals surface area contributed by atoms with E-state index in [0.29, 0.717) is 0 Å². The SMILES string of the molecule is Cc1nc(Nc2ccc(C)c(Br)c2)cc(N2CCCC2)n1. The molecule has 5 heteroatoms. The van der Waals surface area contributed by atoms with E-state index in [1.54, 1.807) is 0 Å². The summed E-state index contributed by atoms with van der Waals surface area (Å²) in [5, 5.41) is 3.37. The molecule has 0 bridgehead atoms. The van der Waals surface area contributed by atoms with Crippen LogP contribution in [0.1, 0.15) is 24.2 Å². The zero-order valence-corrected chi connectivity index (χ0v) is 13.9. The maximum absolute atomic E-state index is 4.55. The molecular formula is C16H19BrN4. The molecule has 2 heterocycles. The number of aromatic nitrogens is 2. The van der Waals surface area contributed by atoms with Gasteiger partial charge in [-0.1, -0.05) is 22.0 Å². The van der Waals surface area contributed by atoms with Crippen molar-refractivity contribution in [2.45, 2.75) is 26.7 Å². The van der Waals surface area contributed by atoms with E-state index < -0.39 is 0 Å². The standard InChI is InChI=1S/C16H19BrN4/c1-11-5-6-13(9-14(11)17)20-15-10-16(19-12(2)18-15)21-7-3-4-8-21/h5-6,9-10H,3-4,7-8H2,1-2H3,(H,18,19,20). The van der Waals surface area contributed by atoms with Gasteiger partial charge in [0.2, 0.25) is 0 Å². The quantitative estimate of drug-likeness (QED) is 0.904. The van der Waals surface area contributed by atoms with E-state index in [0.717, 1.165) is 40.7 Å². The second-order valence-electron chi connectivity index (χ2n) is 5.44. The molecule has 1 aromatic heterocycles. The van der Waals surface area contributed by atoms with Crippen LogP contribution in [0.3, 0.4) is 0 Å². The molecule has 110 valence electrons. The third kappa shape index (κ3) is 3.35. The highest BCUT2D eigenvalue weighted by molar-refractivity contribution is 9.10. The molecule has 0 spiro atoms. The second kappa shape index (κ2) is 6.02. The molecule has 1 aromatic carbocycles. The van der Waals surface area contributed by atoms with Crippen LogP contribution in [0.4, 0.5) is 17.3 Å². The van der Waals surface area contributed by atoms with Gasteiger partial charge in [0.25, 0.3) is 0 Å². The zero-order valence-electron chi connectivity index (χ0n) is 12.4. The van der Waals surface area contributed by atoms with Crippen molar-refractivity contribution < 1.29 is 0 Å². The number of nitrogens with one attached hydrogen (secondary N) is 1. The Labute approximate surface area is 133 Å². The summed E-state index contributed by atoms with van der Waals surface area (Å²) in [5.74, 6) is 2.67. The van der Waals surface area contributed by atoms with Crippen molar-refractivity contribution in [3.63, 3.8) is 0 Å². The minimum atomic E-state index is 0.799. The molecule has 0 atom stereocenters. The van der Waals surface area contributed by atoms with Gasteiger partial charge in [-0.15, -0.1) is 0 Å². The summed E-state index contributed by atoms with van der Waals surface area (Å²) in [7, 11) is 0. The first-order chi connectivity index (χ1) is 10.1. The summed E-state index contributed by atoms with van der Waals surface area (Å²) in [6.07, 6.45) is 2.49. The van der Waals surface area contributed by atoms with Gasteiger partial charge in [-0.25, -0.2) is 9.97 Å². The number of halogens is 1. The van der Waals surface area contributed by atoms with Gasteiger partial charge in [0.05, 0.1) is 0 Å². The second-order valence-corrected chi connectivity index (χ2v) is 6.30. The third-order valence-corrected chi connectivity index (χ3v) is 4.55. The Kier molecular flexibility index (Phi) is 4.10. The Morgan fingerprint density at radius 1 is 1.10 bits per heavy atom. The van der Waals surface area contributed by atoms with Crippen molar-refractivity contribution in [3.05, 3.63) is 40.1 Å². The molecule has 0 saturated carbocycles. The van der Waals surface area contributed by atoms with Gasteiger partial charge < -0.3 is 10.2 Å². The van der Waals surface area contributed by atoms with Crippen molar-refractivity contribution in [1.29, 1.82) is 0 Å². The smallest absolute Gasteiger partial charge is 0.136 e. The average Bonchev–Trinajstić information content (AvgIpc) is 2.96. The van der Waals surface area contributed by atoms with Crippen molar-refractivity contribution in [1.82, 2.24) is 9.97 Å². The summed E-state index contributed by atoms with van der Waals surface area (Å²) < 4.78 is 1.10. The fourth-order valence-electron chi connectivity index (χ4n) is 2.54. The first kappa shape index (κ1) is 14.3. The maximum Gasteiger partial charge on any atom is 0.136 e. The lowest BCUT2D eigenvalue weighted by Crippen LogP contribution is -2.19.